The minimum absolute atomic E-state index is 0.0220. The van der Waals surface area contributed by atoms with Gasteiger partial charge in [-0.15, -0.1) is 0 Å². The third-order valence-electron chi connectivity index (χ3n) is 4.98. The summed E-state index contributed by atoms with van der Waals surface area (Å²) in [5.41, 5.74) is 0.921. The van der Waals surface area contributed by atoms with Crippen LogP contribution in [0.3, 0.4) is 0 Å². The molecule has 1 fully saturated rings. The molecule has 1 aromatic heterocycles. The van der Waals surface area contributed by atoms with Gasteiger partial charge in [0.1, 0.15) is 43.1 Å². The Balaban J connectivity index is 1.44. The molecule has 2 aliphatic rings. The fourth-order valence-corrected chi connectivity index (χ4v) is 3.33. The van der Waals surface area contributed by atoms with Crippen molar-refractivity contribution in [2.75, 3.05) is 18.6 Å². The van der Waals surface area contributed by atoms with Crippen LogP contribution in [0.5, 0.6) is 0 Å². The van der Waals surface area contributed by atoms with Gasteiger partial charge in [0.05, 0.1) is 17.9 Å². The van der Waals surface area contributed by atoms with E-state index < -0.39 is 36.1 Å². The van der Waals surface area contributed by atoms with E-state index >= 15 is 0 Å². The molecule has 2 aromatic rings. The van der Waals surface area contributed by atoms with E-state index in [1.54, 1.807) is 12.1 Å². The molecule has 0 unspecified atom stereocenters. The minimum Gasteiger partial charge on any atom is -0.394 e. The quantitative estimate of drug-likeness (QED) is 0.303. The highest BCUT2D eigenvalue weighted by molar-refractivity contribution is 5.99. The van der Waals surface area contributed by atoms with Crippen molar-refractivity contribution < 1.29 is 29.8 Å². The second-order valence-corrected chi connectivity index (χ2v) is 6.84. The Bertz CT molecular complexity index is 949. The number of nitro benzene ring substituents is 1. The van der Waals surface area contributed by atoms with E-state index in [0.717, 1.165) is 0 Å². The SMILES string of the molecule is N=C1c2ncn([C@@H]3O[C@H](CO)[C@@H](O)[C@H]3O)c2NCN1OCc1ccc([N+](=O)[O-])cc1. The Morgan fingerprint density at radius 1 is 1.33 bits per heavy atom. The van der Waals surface area contributed by atoms with Crippen LogP contribution >= 0.6 is 0 Å². The molecular formula is C17H20N6O7. The Morgan fingerprint density at radius 3 is 2.70 bits per heavy atom. The summed E-state index contributed by atoms with van der Waals surface area (Å²) in [6.45, 7) is -0.259. The van der Waals surface area contributed by atoms with E-state index in [2.05, 4.69) is 10.3 Å². The third-order valence-corrected chi connectivity index (χ3v) is 4.98. The third kappa shape index (κ3) is 3.48. The molecule has 1 saturated heterocycles. The van der Waals surface area contributed by atoms with Crippen molar-refractivity contribution in [3.63, 3.8) is 0 Å². The summed E-state index contributed by atoms with van der Waals surface area (Å²) in [7, 11) is 0. The summed E-state index contributed by atoms with van der Waals surface area (Å²) < 4.78 is 6.97. The van der Waals surface area contributed by atoms with Gasteiger partial charge in [-0.25, -0.2) is 10.0 Å². The van der Waals surface area contributed by atoms with Crippen molar-refractivity contribution >= 4 is 17.3 Å². The number of hydrogen-bond acceptors (Lipinski definition) is 10. The number of anilines is 1. The molecule has 1 aromatic carbocycles. The first-order valence-electron chi connectivity index (χ1n) is 9.06. The fourth-order valence-electron chi connectivity index (χ4n) is 3.33. The standard InChI is InChI=1S/C17H20N6O7/c18-15-12-16(21(7-19-12)17-14(26)13(25)11(5-24)30-17)20-8-22(15)29-6-9-1-3-10(4-2-9)23(27)28/h1-4,7,11,13-14,17-18,20,24-26H,5-6,8H2/t11-,13-,14-,17-/m1/s1. The van der Waals surface area contributed by atoms with Crippen molar-refractivity contribution in [3.05, 3.63) is 52.0 Å². The molecule has 0 aliphatic carbocycles. The van der Waals surface area contributed by atoms with Crippen molar-refractivity contribution in [1.29, 1.82) is 5.41 Å². The van der Waals surface area contributed by atoms with Gasteiger partial charge in [0, 0.05) is 12.1 Å². The smallest absolute Gasteiger partial charge is 0.269 e. The van der Waals surface area contributed by atoms with E-state index in [0.29, 0.717) is 11.4 Å². The van der Waals surface area contributed by atoms with Crippen LogP contribution in [0.1, 0.15) is 17.5 Å². The number of non-ortho nitro benzene ring substituents is 1. The first kappa shape index (κ1) is 20.2. The number of ether oxygens (including phenoxy) is 1. The predicted molar refractivity (Wildman–Crippen MR) is 100 cm³/mol. The van der Waals surface area contributed by atoms with Crippen molar-refractivity contribution in [2.24, 2.45) is 0 Å². The number of amidine groups is 1. The molecular weight excluding hydrogens is 400 g/mol. The second-order valence-electron chi connectivity index (χ2n) is 6.84. The number of hydrogen-bond donors (Lipinski definition) is 5. The zero-order chi connectivity index (χ0) is 21.4. The molecule has 4 atom stereocenters. The van der Waals surface area contributed by atoms with Gasteiger partial charge in [-0.05, 0) is 17.7 Å². The average molecular weight is 420 g/mol. The number of rotatable bonds is 6. The summed E-state index contributed by atoms with van der Waals surface area (Å²) in [6, 6.07) is 5.89. The topological polar surface area (TPSA) is 179 Å². The number of hydroxylamine groups is 2. The maximum absolute atomic E-state index is 10.7. The molecule has 4 rings (SSSR count). The van der Waals surface area contributed by atoms with Gasteiger partial charge in [-0.1, -0.05) is 0 Å². The summed E-state index contributed by atoms with van der Waals surface area (Å²) >= 11 is 0. The van der Waals surface area contributed by atoms with Gasteiger partial charge in [0.2, 0.25) is 0 Å². The maximum Gasteiger partial charge on any atom is 0.269 e. The van der Waals surface area contributed by atoms with Crippen molar-refractivity contribution in [3.8, 4) is 0 Å². The Kier molecular flexibility index (Phi) is 5.36. The van der Waals surface area contributed by atoms with Gasteiger partial charge in [0.15, 0.2) is 12.1 Å². The van der Waals surface area contributed by atoms with Crippen LogP contribution in [0.4, 0.5) is 11.5 Å². The summed E-state index contributed by atoms with van der Waals surface area (Å²) in [5.74, 6) is 0.376. The van der Waals surface area contributed by atoms with E-state index in [1.165, 1.54) is 28.1 Å². The minimum atomic E-state index is -1.27. The average Bonchev–Trinajstić information content (AvgIpc) is 3.29. The van der Waals surface area contributed by atoms with E-state index in [9.17, 15) is 25.4 Å². The van der Waals surface area contributed by atoms with Crippen LogP contribution in [0.2, 0.25) is 0 Å². The zero-order valence-electron chi connectivity index (χ0n) is 15.6. The van der Waals surface area contributed by atoms with E-state index in [4.69, 9.17) is 15.0 Å². The molecule has 13 heteroatoms. The maximum atomic E-state index is 10.7. The van der Waals surface area contributed by atoms with E-state index in [1.807, 2.05) is 0 Å². The van der Waals surface area contributed by atoms with Gasteiger partial charge >= 0.3 is 0 Å². The van der Waals surface area contributed by atoms with Gasteiger partial charge in [-0.2, -0.15) is 0 Å². The van der Waals surface area contributed by atoms with Crippen LogP contribution in [-0.4, -0.2) is 72.3 Å². The molecule has 13 nitrogen and oxygen atoms in total. The molecule has 0 spiro atoms. The number of imidazole rings is 1. The lowest BCUT2D eigenvalue weighted by atomic mass is 10.1. The molecule has 3 heterocycles. The highest BCUT2D eigenvalue weighted by Gasteiger charge is 2.44. The summed E-state index contributed by atoms with van der Waals surface area (Å²) in [4.78, 5) is 20.0. The number of nitrogens with zero attached hydrogens (tertiary/aromatic N) is 4. The molecule has 0 amide bonds. The Hall–Kier alpha value is -3.10. The number of aromatic nitrogens is 2. The molecule has 160 valence electrons. The molecule has 5 N–H and O–H groups in total. The zero-order valence-corrected chi connectivity index (χ0v) is 15.6. The first-order valence-corrected chi connectivity index (χ1v) is 9.06. The monoisotopic (exact) mass is 420 g/mol. The van der Waals surface area contributed by atoms with Crippen molar-refractivity contribution in [1.82, 2.24) is 14.6 Å². The van der Waals surface area contributed by atoms with Crippen LogP contribution in [0, 0.1) is 15.5 Å². The largest absolute Gasteiger partial charge is 0.394 e. The lowest BCUT2D eigenvalue weighted by molar-refractivity contribution is -0.384. The van der Waals surface area contributed by atoms with Crippen molar-refractivity contribution in [2.45, 2.75) is 31.1 Å². The molecule has 30 heavy (non-hydrogen) atoms. The molecule has 0 saturated carbocycles. The second kappa shape index (κ2) is 7.97. The van der Waals surface area contributed by atoms with Crippen LogP contribution < -0.4 is 5.32 Å². The highest BCUT2D eigenvalue weighted by Crippen LogP contribution is 2.34. The van der Waals surface area contributed by atoms with Gasteiger partial charge in [-0.3, -0.25) is 24.9 Å². The Labute approximate surface area is 169 Å². The normalized spacial score (nSPS) is 25.8. The number of nitrogens with one attached hydrogen (secondary N) is 2. The molecule has 0 radical (unpaired) electrons. The number of aliphatic hydroxyl groups is 3. The first-order chi connectivity index (χ1) is 14.4. The predicted octanol–water partition coefficient (Wildman–Crippen LogP) is -0.455. The van der Waals surface area contributed by atoms with Gasteiger partial charge < -0.3 is 25.4 Å². The highest BCUT2D eigenvalue weighted by atomic mass is 16.7. The number of aliphatic hydroxyl groups excluding tert-OH is 3. The van der Waals surface area contributed by atoms with Crippen LogP contribution in [-0.2, 0) is 16.2 Å². The lowest BCUT2D eigenvalue weighted by Crippen LogP contribution is -2.41. The molecule has 0 bridgehead atoms. The van der Waals surface area contributed by atoms with E-state index in [-0.39, 0.29) is 30.5 Å². The molecule has 2 aliphatic heterocycles. The number of fused-ring (bicyclic) bond motifs is 1. The number of nitro groups is 1. The van der Waals surface area contributed by atoms with Crippen LogP contribution in [0.15, 0.2) is 30.6 Å². The summed E-state index contributed by atoms with van der Waals surface area (Å²) in [5, 5.41) is 52.8. The summed E-state index contributed by atoms with van der Waals surface area (Å²) in [6.07, 6.45) is -3.05. The fraction of sp³-hybridized carbons (Fsp3) is 0.412. The van der Waals surface area contributed by atoms with Crippen LogP contribution in [0.25, 0.3) is 0 Å². The van der Waals surface area contributed by atoms with Gasteiger partial charge in [0.25, 0.3) is 5.69 Å². The Morgan fingerprint density at radius 2 is 2.07 bits per heavy atom. The lowest BCUT2D eigenvalue weighted by Gasteiger charge is -2.30. The number of benzene rings is 1.